The van der Waals surface area contributed by atoms with Gasteiger partial charge < -0.3 is 19.9 Å². The summed E-state index contributed by atoms with van der Waals surface area (Å²) in [5, 5.41) is 5.64. The van der Waals surface area contributed by atoms with Crippen LogP contribution in [0.4, 0.5) is 0 Å². The quantitative estimate of drug-likeness (QED) is 0.340. The van der Waals surface area contributed by atoms with Crippen molar-refractivity contribution in [3.05, 3.63) is 52.2 Å². The molecule has 0 fully saturated rings. The molecule has 1 atom stereocenters. The fourth-order valence-corrected chi connectivity index (χ4v) is 3.53. The minimum Gasteiger partial charge on any atom is -0.497 e. The van der Waals surface area contributed by atoms with E-state index in [1.165, 1.54) is 10.4 Å². The van der Waals surface area contributed by atoms with E-state index in [4.69, 9.17) is 4.74 Å². The Bertz CT molecular complexity index is 674. The average Bonchev–Trinajstić information content (AvgIpc) is 3.17. The summed E-state index contributed by atoms with van der Waals surface area (Å²) in [6.07, 6.45) is 1.03. The van der Waals surface area contributed by atoms with Gasteiger partial charge in [-0.05, 0) is 49.7 Å². The molecule has 0 aliphatic rings. The smallest absolute Gasteiger partial charge is 0.193 e. The summed E-state index contributed by atoms with van der Waals surface area (Å²) in [7, 11) is 9.80. The second kappa shape index (κ2) is 12.2. The van der Waals surface area contributed by atoms with Crippen molar-refractivity contribution in [2.45, 2.75) is 12.5 Å². The summed E-state index contributed by atoms with van der Waals surface area (Å²) in [6, 6.07) is 12.8. The number of hydrogen-bond acceptors (Lipinski definition) is 4. The molecule has 0 bridgehead atoms. The van der Waals surface area contributed by atoms with Crippen LogP contribution in [-0.2, 0) is 6.42 Å². The van der Waals surface area contributed by atoms with Gasteiger partial charge in [0.1, 0.15) is 5.75 Å². The normalized spacial score (nSPS) is 12.4. The van der Waals surface area contributed by atoms with Gasteiger partial charge in [0.25, 0.3) is 0 Å². The van der Waals surface area contributed by atoms with Crippen LogP contribution in [0, 0.1) is 0 Å². The third-order valence-electron chi connectivity index (χ3n) is 4.42. The van der Waals surface area contributed by atoms with Crippen molar-refractivity contribution >= 4 is 41.3 Å². The number of guanidine groups is 1. The van der Waals surface area contributed by atoms with E-state index in [0.29, 0.717) is 0 Å². The first-order valence-electron chi connectivity index (χ1n) is 8.79. The van der Waals surface area contributed by atoms with Crippen molar-refractivity contribution in [2.75, 3.05) is 48.4 Å². The van der Waals surface area contributed by atoms with Gasteiger partial charge >= 0.3 is 0 Å². The van der Waals surface area contributed by atoms with E-state index >= 15 is 0 Å². The van der Waals surface area contributed by atoms with Crippen LogP contribution < -0.4 is 10.1 Å². The Labute approximate surface area is 184 Å². The number of ether oxygens (including phenoxy) is 1. The maximum Gasteiger partial charge on any atom is 0.193 e. The van der Waals surface area contributed by atoms with E-state index in [1.54, 1.807) is 18.4 Å². The maximum atomic E-state index is 5.26. The molecular weight excluding hydrogens is 471 g/mol. The number of nitrogens with zero attached hydrogens (tertiary/aromatic N) is 3. The lowest BCUT2D eigenvalue weighted by molar-refractivity contribution is 0.295. The third kappa shape index (κ3) is 7.31. The van der Waals surface area contributed by atoms with Crippen LogP contribution in [0.25, 0.3) is 0 Å². The van der Waals surface area contributed by atoms with E-state index in [2.05, 4.69) is 70.9 Å². The van der Waals surface area contributed by atoms with Gasteiger partial charge in [-0.1, -0.05) is 18.2 Å². The van der Waals surface area contributed by atoms with Crippen molar-refractivity contribution in [2.24, 2.45) is 4.99 Å². The highest BCUT2D eigenvalue weighted by molar-refractivity contribution is 14.0. The van der Waals surface area contributed by atoms with Gasteiger partial charge in [0, 0.05) is 32.1 Å². The van der Waals surface area contributed by atoms with E-state index in [-0.39, 0.29) is 30.0 Å². The fourth-order valence-electron chi connectivity index (χ4n) is 2.84. The molecule has 0 amide bonds. The molecule has 0 saturated carbocycles. The predicted octanol–water partition coefficient (Wildman–Crippen LogP) is 3.73. The van der Waals surface area contributed by atoms with Gasteiger partial charge in [0.15, 0.2) is 5.96 Å². The molecule has 27 heavy (non-hydrogen) atoms. The van der Waals surface area contributed by atoms with Gasteiger partial charge in [0.2, 0.25) is 0 Å². The first-order valence-corrected chi connectivity index (χ1v) is 9.67. The number of likely N-dealkylation sites (N-methyl/N-ethyl adjacent to an activating group) is 2. The van der Waals surface area contributed by atoms with Gasteiger partial charge in [-0.15, -0.1) is 35.3 Å². The zero-order valence-corrected chi connectivity index (χ0v) is 20.0. The van der Waals surface area contributed by atoms with Crippen LogP contribution in [0.5, 0.6) is 5.75 Å². The minimum atomic E-state index is 0. The third-order valence-corrected chi connectivity index (χ3v) is 5.36. The van der Waals surface area contributed by atoms with Crippen LogP contribution in [0.1, 0.15) is 16.5 Å². The Balaban J connectivity index is 0.00000364. The molecule has 1 aromatic carbocycles. The first-order chi connectivity index (χ1) is 12.5. The standard InChI is InChI=1S/C20H30N4OS.HI/c1-21-20(24(4)13-12-18-7-6-14-26-18)22-15-19(23(2)3)16-8-10-17(25-5)11-9-16;/h6-11,14,19H,12-13,15H2,1-5H3,(H,21,22);1H. The summed E-state index contributed by atoms with van der Waals surface area (Å²) in [5.74, 6) is 1.80. The highest BCUT2D eigenvalue weighted by Gasteiger charge is 2.16. The topological polar surface area (TPSA) is 40.1 Å². The number of nitrogens with one attached hydrogen (secondary N) is 1. The number of halogens is 1. The van der Waals surface area contributed by atoms with Crippen molar-refractivity contribution in [1.82, 2.24) is 15.1 Å². The molecule has 2 rings (SSSR count). The number of aliphatic imine (C=N–C) groups is 1. The molecule has 2 aromatic rings. The second-order valence-corrected chi connectivity index (χ2v) is 7.46. The van der Waals surface area contributed by atoms with Crippen molar-refractivity contribution in [3.63, 3.8) is 0 Å². The Kier molecular flexibility index (Phi) is 10.7. The van der Waals surface area contributed by atoms with Gasteiger partial charge in [-0.2, -0.15) is 0 Å². The maximum absolute atomic E-state index is 5.26. The van der Waals surface area contributed by atoms with E-state index in [1.807, 2.05) is 19.2 Å². The highest BCUT2D eigenvalue weighted by Crippen LogP contribution is 2.20. The Morgan fingerprint density at radius 3 is 2.41 bits per heavy atom. The van der Waals surface area contributed by atoms with Crippen LogP contribution in [-0.4, -0.2) is 64.1 Å². The molecule has 1 N–H and O–H groups in total. The number of methoxy groups -OCH3 is 1. The van der Waals surface area contributed by atoms with Crippen molar-refractivity contribution in [3.8, 4) is 5.75 Å². The average molecular weight is 502 g/mol. The lowest BCUT2D eigenvalue weighted by Crippen LogP contribution is -2.43. The Morgan fingerprint density at radius 1 is 1.19 bits per heavy atom. The lowest BCUT2D eigenvalue weighted by atomic mass is 10.1. The Hall–Kier alpha value is -1.32. The van der Waals surface area contributed by atoms with Crippen molar-refractivity contribution in [1.29, 1.82) is 0 Å². The van der Waals surface area contributed by atoms with Crippen molar-refractivity contribution < 1.29 is 4.74 Å². The van der Waals surface area contributed by atoms with Crippen LogP contribution >= 0.6 is 35.3 Å². The van der Waals surface area contributed by atoms with Crippen LogP contribution in [0.2, 0.25) is 0 Å². The van der Waals surface area contributed by atoms with E-state index in [0.717, 1.165) is 31.2 Å². The van der Waals surface area contributed by atoms with Crippen LogP contribution in [0.15, 0.2) is 46.8 Å². The number of thiophene rings is 1. The lowest BCUT2D eigenvalue weighted by Gasteiger charge is -2.28. The molecule has 5 nitrogen and oxygen atoms in total. The number of rotatable bonds is 8. The zero-order chi connectivity index (χ0) is 18.9. The van der Waals surface area contributed by atoms with Gasteiger partial charge in [-0.3, -0.25) is 4.99 Å². The SMILES string of the molecule is CN=C(NCC(c1ccc(OC)cc1)N(C)C)N(C)CCc1cccs1.I. The van der Waals surface area contributed by atoms with Gasteiger partial charge in [0.05, 0.1) is 13.2 Å². The molecular formula is C20H31IN4OS. The monoisotopic (exact) mass is 502 g/mol. The summed E-state index contributed by atoms with van der Waals surface area (Å²) in [5.41, 5.74) is 1.25. The molecule has 0 saturated heterocycles. The summed E-state index contributed by atoms with van der Waals surface area (Å²) in [4.78, 5) is 10.2. The van der Waals surface area contributed by atoms with Crippen LogP contribution in [0.3, 0.4) is 0 Å². The molecule has 0 radical (unpaired) electrons. The minimum absolute atomic E-state index is 0. The highest BCUT2D eigenvalue weighted by atomic mass is 127. The Morgan fingerprint density at radius 2 is 1.89 bits per heavy atom. The van der Waals surface area contributed by atoms with E-state index in [9.17, 15) is 0 Å². The van der Waals surface area contributed by atoms with Gasteiger partial charge in [-0.25, -0.2) is 0 Å². The van der Waals surface area contributed by atoms with E-state index < -0.39 is 0 Å². The summed E-state index contributed by atoms with van der Waals surface area (Å²) >= 11 is 1.80. The summed E-state index contributed by atoms with van der Waals surface area (Å²) in [6.45, 7) is 1.73. The number of hydrogen-bond donors (Lipinski definition) is 1. The number of benzene rings is 1. The first kappa shape index (κ1) is 23.7. The second-order valence-electron chi connectivity index (χ2n) is 6.43. The zero-order valence-electron chi connectivity index (χ0n) is 16.8. The largest absolute Gasteiger partial charge is 0.497 e. The molecule has 1 heterocycles. The molecule has 0 aliphatic heterocycles. The fraction of sp³-hybridized carbons (Fsp3) is 0.450. The molecule has 1 aromatic heterocycles. The molecule has 1 unspecified atom stereocenters. The predicted molar refractivity (Wildman–Crippen MR) is 127 cm³/mol. The molecule has 0 aliphatic carbocycles. The summed E-state index contributed by atoms with van der Waals surface area (Å²) < 4.78 is 5.26. The molecule has 0 spiro atoms. The molecule has 7 heteroatoms. The molecule has 150 valence electrons.